The highest BCUT2D eigenvalue weighted by Crippen LogP contribution is 2.12. The molecule has 4 nitrogen and oxygen atoms in total. The first-order valence-electron chi connectivity index (χ1n) is 6.17. The van der Waals surface area contributed by atoms with Crippen molar-refractivity contribution in [2.45, 2.75) is 6.92 Å². The molecule has 0 radical (unpaired) electrons. The first-order chi connectivity index (χ1) is 9.65. The zero-order valence-corrected chi connectivity index (χ0v) is 12.5. The van der Waals surface area contributed by atoms with Crippen LogP contribution < -0.4 is 15.5 Å². The molecule has 0 atom stereocenters. The summed E-state index contributed by atoms with van der Waals surface area (Å²) in [6.07, 6.45) is 5.61. The van der Waals surface area contributed by atoms with Gasteiger partial charge in [0.2, 0.25) is 0 Å². The SMILES string of the molecule is C=CCNC(=S)N/N=C(C)\C=C\c1ccc(OC)cc1. The summed E-state index contributed by atoms with van der Waals surface area (Å²) in [6.45, 7) is 6.10. The lowest BCUT2D eigenvalue weighted by Crippen LogP contribution is -2.32. The fourth-order valence-electron chi connectivity index (χ4n) is 1.31. The van der Waals surface area contributed by atoms with Gasteiger partial charge in [0.15, 0.2) is 5.11 Å². The number of allylic oxidation sites excluding steroid dienone is 1. The Morgan fingerprint density at radius 1 is 1.40 bits per heavy atom. The zero-order valence-electron chi connectivity index (χ0n) is 11.7. The van der Waals surface area contributed by atoms with Gasteiger partial charge in [-0.2, -0.15) is 5.10 Å². The van der Waals surface area contributed by atoms with E-state index in [-0.39, 0.29) is 0 Å². The Balaban J connectivity index is 2.50. The van der Waals surface area contributed by atoms with Crippen LogP contribution in [0.25, 0.3) is 6.08 Å². The molecule has 0 aromatic heterocycles. The van der Waals surface area contributed by atoms with Crippen molar-refractivity contribution in [2.24, 2.45) is 5.10 Å². The molecule has 0 unspecified atom stereocenters. The maximum atomic E-state index is 5.11. The second kappa shape index (κ2) is 8.87. The minimum Gasteiger partial charge on any atom is -0.497 e. The maximum Gasteiger partial charge on any atom is 0.187 e. The molecular formula is C15H19N3OS. The summed E-state index contributed by atoms with van der Waals surface area (Å²) < 4.78 is 5.11. The zero-order chi connectivity index (χ0) is 14.8. The third kappa shape index (κ3) is 6.15. The number of hydrazone groups is 1. The number of nitrogens with one attached hydrogen (secondary N) is 2. The van der Waals surface area contributed by atoms with E-state index in [1.54, 1.807) is 13.2 Å². The second-order valence-corrected chi connectivity index (χ2v) is 4.38. The van der Waals surface area contributed by atoms with Crippen LogP contribution in [0, 0.1) is 0 Å². The van der Waals surface area contributed by atoms with E-state index in [2.05, 4.69) is 22.4 Å². The third-order valence-electron chi connectivity index (χ3n) is 2.37. The highest BCUT2D eigenvalue weighted by molar-refractivity contribution is 7.80. The van der Waals surface area contributed by atoms with Crippen molar-refractivity contribution in [1.82, 2.24) is 10.7 Å². The first kappa shape index (κ1) is 15.9. The number of benzene rings is 1. The van der Waals surface area contributed by atoms with Gasteiger partial charge < -0.3 is 10.1 Å². The standard InChI is InChI=1S/C15H19N3OS/c1-4-11-16-15(20)18-17-12(2)5-6-13-7-9-14(19-3)10-8-13/h4-10H,1,11H2,2-3H3,(H2,16,18,20)/b6-5+,17-12-. The fourth-order valence-corrected chi connectivity index (χ4v) is 1.44. The number of nitrogens with zero attached hydrogens (tertiary/aromatic N) is 1. The number of hydrogen-bond acceptors (Lipinski definition) is 3. The van der Waals surface area contributed by atoms with Gasteiger partial charge in [-0.05, 0) is 42.9 Å². The van der Waals surface area contributed by atoms with Crippen LogP contribution in [0.5, 0.6) is 5.75 Å². The molecule has 0 aliphatic heterocycles. The van der Waals surface area contributed by atoms with Crippen molar-refractivity contribution in [3.8, 4) is 5.75 Å². The number of thiocarbonyl (C=S) groups is 1. The van der Waals surface area contributed by atoms with Gasteiger partial charge in [0.05, 0.1) is 12.8 Å². The Morgan fingerprint density at radius 2 is 2.10 bits per heavy atom. The predicted molar refractivity (Wildman–Crippen MR) is 89.1 cm³/mol. The van der Waals surface area contributed by atoms with Crippen LogP contribution in [0.3, 0.4) is 0 Å². The topological polar surface area (TPSA) is 45.7 Å². The normalized spacial score (nSPS) is 11.2. The van der Waals surface area contributed by atoms with E-state index in [0.29, 0.717) is 11.7 Å². The van der Waals surface area contributed by atoms with Crippen LogP contribution in [0.2, 0.25) is 0 Å². The smallest absolute Gasteiger partial charge is 0.187 e. The van der Waals surface area contributed by atoms with Gasteiger partial charge >= 0.3 is 0 Å². The Hall–Kier alpha value is -2.14. The summed E-state index contributed by atoms with van der Waals surface area (Å²) in [5, 5.41) is 7.55. The van der Waals surface area contributed by atoms with Gasteiger partial charge in [0, 0.05) is 6.54 Å². The van der Waals surface area contributed by atoms with Gasteiger partial charge in [-0.3, -0.25) is 5.43 Å². The average molecular weight is 289 g/mol. The fraction of sp³-hybridized carbons (Fsp3) is 0.200. The van der Waals surface area contributed by atoms with Gasteiger partial charge in [-0.25, -0.2) is 0 Å². The van der Waals surface area contributed by atoms with Crippen LogP contribution in [0.1, 0.15) is 12.5 Å². The summed E-state index contributed by atoms with van der Waals surface area (Å²) in [4.78, 5) is 0. The van der Waals surface area contributed by atoms with E-state index in [4.69, 9.17) is 17.0 Å². The Kier molecular flexibility index (Phi) is 7.06. The molecule has 0 amide bonds. The van der Waals surface area contributed by atoms with Crippen molar-refractivity contribution in [3.63, 3.8) is 0 Å². The molecule has 20 heavy (non-hydrogen) atoms. The van der Waals surface area contributed by atoms with Crippen LogP contribution in [0.4, 0.5) is 0 Å². The molecular weight excluding hydrogens is 270 g/mol. The van der Waals surface area contributed by atoms with Gasteiger partial charge in [-0.1, -0.05) is 24.3 Å². The summed E-state index contributed by atoms with van der Waals surface area (Å²) in [7, 11) is 1.65. The van der Waals surface area contributed by atoms with Gasteiger partial charge in [-0.15, -0.1) is 6.58 Å². The molecule has 1 aromatic carbocycles. The predicted octanol–water partition coefficient (Wildman–Crippen LogP) is 2.73. The molecule has 0 bridgehead atoms. The largest absolute Gasteiger partial charge is 0.497 e. The van der Waals surface area contributed by atoms with Gasteiger partial charge in [0.25, 0.3) is 0 Å². The molecule has 0 saturated carbocycles. The van der Waals surface area contributed by atoms with Crippen LogP contribution in [-0.2, 0) is 0 Å². The van der Waals surface area contributed by atoms with Gasteiger partial charge in [0.1, 0.15) is 5.75 Å². The highest BCUT2D eigenvalue weighted by atomic mass is 32.1. The number of ether oxygens (including phenoxy) is 1. The van der Waals surface area contributed by atoms with E-state index in [9.17, 15) is 0 Å². The molecule has 0 aliphatic rings. The average Bonchev–Trinajstić information content (AvgIpc) is 2.49. The second-order valence-electron chi connectivity index (χ2n) is 3.97. The van der Waals surface area contributed by atoms with E-state index in [1.807, 2.05) is 43.3 Å². The number of rotatable bonds is 6. The lowest BCUT2D eigenvalue weighted by atomic mass is 10.2. The molecule has 0 saturated heterocycles. The van der Waals surface area contributed by atoms with E-state index in [0.717, 1.165) is 17.0 Å². The molecule has 106 valence electrons. The molecule has 1 rings (SSSR count). The summed E-state index contributed by atoms with van der Waals surface area (Å²) in [6, 6.07) is 7.79. The summed E-state index contributed by atoms with van der Waals surface area (Å²) >= 11 is 5.03. The van der Waals surface area contributed by atoms with E-state index >= 15 is 0 Å². The van der Waals surface area contributed by atoms with Crippen molar-refractivity contribution >= 4 is 29.1 Å². The van der Waals surface area contributed by atoms with Crippen LogP contribution >= 0.6 is 12.2 Å². The molecule has 5 heteroatoms. The highest BCUT2D eigenvalue weighted by Gasteiger charge is 1.92. The Labute approximate surface area is 125 Å². The molecule has 0 aliphatic carbocycles. The van der Waals surface area contributed by atoms with Crippen molar-refractivity contribution in [1.29, 1.82) is 0 Å². The first-order valence-corrected chi connectivity index (χ1v) is 6.57. The summed E-state index contributed by atoms with van der Waals surface area (Å²) in [5.74, 6) is 0.841. The molecule has 2 N–H and O–H groups in total. The minimum atomic E-state index is 0.474. The van der Waals surface area contributed by atoms with Crippen molar-refractivity contribution in [3.05, 3.63) is 48.6 Å². The number of hydrogen-bond donors (Lipinski definition) is 2. The molecule has 0 heterocycles. The maximum absolute atomic E-state index is 5.11. The molecule has 1 aromatic rings. The Bertz CT molecular complexity index is 506. The van der Waals surface area contributed by atoms with Crippen LogP contribution in [-0.4, -0.2) is 24.5 Å². The molecule has 0 spiro atoms. The quantitative estimate of drug-likeness (QED) is 0.366. The van der Waals surface area contributed by atoms with E-state index in [1.165, 1.54) is 0 Å². The minimum absolute atomic E-state index is 0.474. The lowest BCUT2D eigenvalue weighted by molar-refractivity contribution is 0.415. The monoisotopic (exact) mass is 289 g/mol. The van der Waals surface area contributed by atoms with E-state index < -0.39 is 0 Å². The number of methoxy groups -OCH3 is 1. The van der Waals surface area contributed by atoms with Crippen LogP contribution in [0.15, 0.2) is 48.1 Å². The van der Waals surface area contributed by atoms with Crippen molar-refractivity contribution < 1.29 is 4.74 Å². The molecule has 0 fully saturated rings. The Morgan fingerprint density at radius 3 is 2.70 bits per heavy atom. The summed E-state index contributed by atoms with van der Waals surface area (Å²) in [5.41, 5.74) is 4.66. The third-order valence-corrected chi connectivity index (χ3v) is 2.61. The van der Waals surface area contributed by atoms with Crippen molar-refractivity contribution in [2.75, 3.05) is 13.7 Å². The lowest BCUT2D eigenvalue weighted by Gasteiger charge is -2.04.